The van der Waals surface area contributed by atoms with E-state index in [1.165, 1.54) is 0 Å². The molecule has 1 N–H and O–H groups in total. The van der Waals surface area contributed by atoms with Gasteiger partial charge in [-0.1, -0.05) is 17.2 Å². The molecule has 0 aromatic heterocycles. The van der Waals surface area contributed by atoms with Crippen LogP contribution in [0.15, 0.2) is 29.4 Å². The lowest BCUT2D eigenvalue weighted by Gasteiger charge is -2.06. The summed E-state index contributed by atoms with van der Waals surface area (Å²) in [7, 11) is 0. The Kier molecular flexibility index (Phi) is 4.01. The Labute approximate surface area is 89.4 Å². The number of aliphatic hydroxyl groups excluding tert-OH is 1. The second kappa shape index (κ2) is 5.06. The average molecular weight is 289 g/mol. The predicted molar refractivity (Wildman–Crippen MR) is 58.1 cm³/mol. The number of aliphatic hydroxyl groups is 1. The van der Waals surface area contributed by atoms with Crippen molar-refractivity contribution in [1.82, 2.24) is 0 Å². The van der Waals surface area contributed by atoms with Crippen molar-refractivity contribution in [3.63, 3.8) is 0 Å². The second-order valence-electron chi connectivity index (χ2n) is 2.48. The molecule has 0 unspecified atom stereocenters. The summed E-state index contributed by atoms with van der Waals surface area (Å²) in [4.78, 5) is 2.58. The van der Waals surface area contributed by atoms with Gasteiger partial charge in [-0.05, 0) is 45.8 Å². The van der Waals surface area contributed by atoms with Gasteiger partial charge in [0.2, 0.25) is 0 Å². The highest BCUT2D eigenvalue weighted by molar-refractivity contribution is 14.1. The van der Waals surface area contributed by atoms with Crippen LogP contribution < -0.4 is 0 Å². The number of benzene rings is 1. The van der Waals surface area contributed by atoms with Crippen molar-refractivity contribution >= 4 is 22.6 Å². The summed E-state index contributed by atoms with van der Waals surface area (Å²) in [6.45, 7) is 0.0804. The Balaban J connectivity index is 2.71. The molecule has 0 amide bonds. The van der Waals surface area contributed by atoms with Gasteiger partial charge in [-0.3, -0.25) is 0 Å². The summed E-state index contributed by atoms with van der Waals surface area (Å²) >= 11 is 2.19. The van der Waals surface area contributed by atoms with Crippen LogP contribution in [0.25, 0.3) is 10.4 Å². The van der Waals surface area contributed by atoms with Crippen molar-refractivity contribution in [3.8, 4) is 0 Å². The van der Waals surface area contributed by atoms with Gasteiger partial charge >= 0.3 is 0 Å². The maximum Gasteiger partial charge on any atom is 0.0846 e. The van der Waals surface area contributed by atoms with Crippen LogP contribution in [0.1, 0.15) is 11.7 Å². The van der Waals surface area contributed by atoms with Gasteiger partial charge in [-0.25, -0.2) is 0 Å². The Hall–Kier alpha value is -0.780. The van der Waals surface area contributed by atoms with Crippen LogP contribution in [0.3, 0.4) is 0 Å². The summed E-state index contributed by atoms with van der Waals surface area (Å²) in [5.41, 5.74) is 8.82. The fourth-order valence-corrected chi connectivity index (χ4v) is 1.26. The predicted octanol–water partition coefficient (Wildman–Crippen LogP) is 2.63. The lowest BCUT2D eigenvalue weighted by atomic mass is 10.1. The van der Waals surface area contributed by atoms with E-state index in [1.54, 1.807) is 0 Å². The fourth-order valence-electron chi connectivity index (χ4n) is 0.904. The van der Waals surface area contributed by atoms with Gasteiger partial charge in [-0.15, -0.1) is 0 Å². The van der Waals surface area contributed by atoms with E-state index in [4.69, 9.17) is 5.53 Å². The van der Waals surface area contributed by atoms with Crippen molar-refractivity contribution in [2.45, 2.75) is 6.10 Å². The van der Waals surface area contributed by atoms with Gasteiger partial charge in [0, 0.05) is 8.48 Å². The molecule has 0 aliphatic carbocycles. The van der Waals surface area contributed by atoms with Gasteiger partial charge in [-0.2, -0.15) is 0 Å². The third kappa shape index (κ3) is 3.22. The number of halogens is 1. The van der Waals surface area contributed by atoms with Crippen LogP contribution in [0.4, 0.5) is 0 Å². The van der Waals surface area contributed by atoms with E-state index in [2.05, 4.69) is 32.6 Å². The lowest BCUT2D eigenvalue weighted by Crippen LogP contribution is -2.00. The Morgan fingerprint density at radius 2 is 2.08 bits per heavy atom. The molecule has 0 radical (unpaired) electrons. The Morgan fingerprint density at radius 3 is 2.62 bits per heavy atom. The highest BCUT2D eigenvalue weighted by Gasteiger charge is 2.04. The number of rotatable bonds is 3. The van der Waals surface area contributed by atoms with Crippen LogP contribution in [-0.2, 0) is 0 Å². The molecular weight excluding hydrogens is 281 g/mol. The zero-order valence-electron chi connectivity index (χ0n) is 6.76. The molecule has 1 atom stereocenters. The molecule has 4 nitrogen and oxygen atoms in total. The quantitative estimate of drug-likeness (QED) is 0.395. The topological polar surface area (TPSA) is 69.0 Å². The highest BCUT2D eigenvalue weighted by Crippen LogP contribution is 2.14. The largest absolute Gasteiger partial charge is 0.388 e. The summed E-state index contributed by atoms with van der Waals surface area (Å²) < 4.78 is 1.11. The molecule has 0 fully saturated rings. The van der Waals surface area contributed by atoms with Crippen LogP contribution in [0.2, 0.25) is 0 Å². The molecule has 5 heteroatoms. The molecular formula is C8H8IN3O. The van der Waals surface area contributed by atoms with Crippen molar-refractivity contribution in [2.24, 2.45) is 5.11 Å². The van der Waals surface area contributed by atoms with E-state index in [9.17, 15) is 5.11 Å². The number of nitrogens with zero attached hydrogens (tertiary/aromatic N) is 3. The maximum absolute atomic E-state index is 9.48. The Bertz CT molecular complexity index is 319. The molecule has 0 heterocycles. The molecule has 0 saturated carbocycles. The molecule has 1 aromatic rings. The molecule has 68 valence electrons. The van der Waals surface area contributed by atoms with E-state index >= 15 is 0 Å². The molecule has 1 aromatic carbocycles. The molecule has 0 aliphatic heterocycles. The average Bonchev–Trinajstić information content (AvgIpc) is 2.15. The lowest BCUT2D eigenvalue weighted by molar-refractivity contribution is 0.187. The number of azide groups is 1. The van der Waals surface area contributed by atoms with Gasteiger partial charge < -0.3 is 5.11 Å². The van der Waals surface area contributed by atoms with Crippen molar-refractivity contribution in [3.05, 3.63) is 43.8 Å². The van der Waals surface area contributed by atoms with E-state index in [0.717, 1.165) is 9.13 Å². The fraction of sp³-hybridized carbons (Fsp3) is 0.250. The molecule has 0 spiro atoms. The normalized spacial score (nSPS) is 11.8. The first-order valence-corrected chi connectivity index (χ1v) is 4.76. The van der Waals surface area contributed by atoms with Crippen molar-refractivity contribution in [2.75, 3.05) is 6.54 Å². The van der Waals surface area contributed by atoms with Gasteiger partial charge in [0.05, 0.1) is 12.6 Å². The summed E-state index contributed by atoms with van der Waals surface area (Å²) in [5.74, 6) is 0. The van der Waals surface area contributed by atoms with Crippen molar-refractivity contribution < 1.29 is 5.11 Å². The summed E-state index contributed by atoms with van der Waals surface area (Å²) in [6, 6.07) is 7.43. The first-order valence-electron chi connectivity index (χ1n) is 3.68. The molecule has 0 bridgehead atoms. The van der Waals surface area contributed by atoms with Gasteiger partial charge in [0.25, 0.3) is 0 Å². The number of hydrogen-bond donors (Lipinski definition) is 1. The minimum absolute atomic E-state index is 0.0804. The molecule has 13 heavy (non-hydrogen) atoms. The second-order valence-corrected chi connectivity index (χ2v) is 3.73. The van der Waals surface area contributed by atoms with Crippen LogP contribution in [0.5, 0.6) is 0 Å². The molecule has 1 rings (SSSR count). The van der Waals surface area contributed by atoms with Gasteiger partial charge in [0.15, 0.2) is 0 Å². The van der Waals surface area contributed by atoms with E-state index < -0.39 is 6.10 Å². The summed E-state index contributed by atoms with van der Waals surface area (Å²) in [5, 5.41) is 12.8. The third-order valence-corrected chi connectivity index (χ3v) is 2.29. The first kappa shape index (κ1) is 10.3. The smallest absolute Gasteiger partial charge is 0.0846 e. The SMILES string of the molecule is [N-]=[N+]=NC[C@H](O)c1ccc(I)cc1. The minimum atomic E-state index is -0.701. The number of hydrogen-bond acceptors (Lipinski definition) is 2. The van der Waals surface area contributed by atoms with Crippen LogP contribution in [0, 0.1) is 3.57 Å². The summed E-state index contributed by atoms with van der Waals surface area (Å²) in [6.07, 6.45) is -0.701. The van der Waals surface area contributed by atoms with E-state index in [0.29, 0.717) is 0 Å². The molecule has 0 aliphatic rings. The van der Waals surface area contributed by atoms with Crippen LogP contribution >= 0.6 is 22.6 Å². The van der Waals surface area contributed by atoms with E-state index in [1.807, 2.05) is 24.3 Å². The van der Waals surface area contributed by atoms with Crippen molar-refractivity contribution in [1.29, 1.82) is 0 Å². The van der Waals surface area contributed by atoms with Crippen LogP contribution in [-0.4, -0.2) is 11.7 Å². The minimum Gasteiger partial charge on any atom is -0.388 e. The molecule has 0 saturated heterocycles. The van der Waals surface area contributed by atoms with E-state index in [-0.39, 0.29) is 6.54 Å². The first-order chi connectivity index (χ1) is 6.24. The zero-order chi connectivity index (χ0) is 9.68. The monoisotopic (exact) mass is 289 g/mol. The zero-order valence-corrected chi connectivity index (χ0v) is 8.92. The standard InChI is InChI=1S/C8H8IN3O/c9-7-3-1-6(2-4-7)8(13)5-11-12-10/h1-4,8,13H,5H2/t8-/m0/s1. The highest BCUT2D eigenvalue weighted by atomic mass is 127. The maximum atomic E-state index is 9.48. The third-order valence-electron chi connectivity index (χ3n) is 1.57. The Morgan fingerprint density at radius 1 is 1.46 bits per heavy atom. The van der Waals surface area contributed by atoms with Gasteiger partial charge in [0.1, 0.15) is 0 Å².